The van der Waals surface area contributed by atoms with E-state index in [0.29, 0.717) is 25.2 Å². The van der Waals surface area contributed by atoms with Crippen molar-refractivity contribution in [3.8, 4) is 0 Å². The van der Waals surface area contributed by atoms with Gasteiger partial charge in [-0.1, -0.05) is 30.3 Å². The van der Waals surface area contributed by atoms with E-state index in [9.17, 15) is 4.79 Å². The van der Waals surface area contributed by atoms with Crippen LogP contribution in [0.15, 0.2) is 30.3 Å². The monoisotopic (exact) mass is 357 g/mol. The summed E-state index contributed by atoms with van der Waals surface area (Å²) < 4.78 is 5.34. The molecule has 5 heteroatoms. The Morgan fingerprint density at radius 3 is 2.27 bits per heavy atom. The lowest BCUT2D eigenvalue weighted by Gasteiger charge is -2.40. The molecule has 1 amide bonds. The molecule has 3 fully saturated rings. The first-order valence-corrected chi connectivity index (χ1v) is 10.1. The van der Waals surface area contributed by atoms with Crippen molar-refractivity contribution in [3.63, 3.8) is 0 Å². The van der Waals surface area contributed by atoms with Crippen molar-refractivity contribution in [2.45, 2.75) is 25.8 Å². The topological polar surface area (TPSA) is 36.0 Å². The highest BCUT2D eigenvalue weighted by Gasteiger charge is 2.40. The van der Waals surface area contributed by atoms with Crippen molar-refractivity contribution >= 4 is 5.91 Å². The van der Waals surface area contributed by atoms with E-state index in [0.717, 1.165) is 32.7 Å². The molecule has 0 radical (unpaired) electrons. The van der Waals surface area contributed by atoms with E-state index in [1.54, 1.807) is 0 Å². The van der Waals surface area contributed by atoms with Crippen molar-refractivity contribution < 1.29 is 9.53 Å². The highest BCUT2D eigenvalue weighted by atomic mass is 16.5. The summed E-state index contributed by atoms with van der Waals surface area (Å²) in [4.78, 5) is 19.4. The maximum Gasteiger partial charge on any atom is 0.236 e. The van der Waals surface area contributed by atoms with Gasteiger partial charge in [0.15, 0.2) is 0 Å². The van der Waals surface area contributed by atoms with Gasteiger partial charge in [-0.25, -0.2) is 0 Å². The van der Waals surface area contributed by atoms with Crippen LogP contribution in [0.25, 0.3) is 0 Å². The van der Waals surface area contributed by atoms with Gasteiger partial charge >= 0.3 is 0 Å². The van der Waals surface area contributed by atoms with Gasteiger partial charge in [-0.2, -0.15) is 0 Å². The lowest BCUT2D eigenvalue weighted by molar-refractivity contribution is -0.137. The number of morpholine rings is 1. The molecule has 1 spiro atoms. The van der Waals surface area contributed by atoms with E-state index >= 15 is 0 Å². The zero-order valence-corrected chi connectivity index (χ0v) is 15.7. The molecule has 3 heterocycles. The molecule has 5 nitrogen and oxygen atoms in total. The number of piperidine rings is 1. The van der Waals surface area contributed by atoms with Crippen molar-refractivity contribution in [1.82, 2.24) is 14.7 Å². The Hall–Kier alpha value is -1.43. The number of likely N-dealkylation sites (tertiary alicyclic amines) is 2. The normalized spacial score (nSPS) is 24.2. The molecule has 3 aliphatic heterocycles. The second-order valence-electron chi connectivity index (χ2n) is 8.22. The Morgan fingerprint density at radius 2 is 1.58 bits per heavy atom. The number of carbonyl (C=O) groups is 1. The summed E-state index contributed by atoms with van der Waals surface area (Å²) in [5, 5.41) is 0. The zero-order chi connectivity index (χ0) is 17.8. The molecule has 0 unspecified atom stereocenters. The van der Waals surface area contributed by atoms with Gasteiger partial charge in [0.05, 0.1) is 19.8 Å². The van der Waals surface area contributed by atoms with Gasteiger partial charge in [-0.3, -0.25) is 14.6 Å². The SMILES string of the molecule is O=C(CN1CCC2(CC1)CCN(Cc1ccccc1)C2)N1CCOCC1. The number of ether oxygens (including phenoxy) is 1. The highest BCUT2D eigenvalue weighted by molar-refractivity contribution is 5.78. The molecule has 26 heavy (non-hydrogen) atoms. The molecular formula is C21H31N3O2. The van der Waals surface area contributed by atoms with E-state index in [1.807, 2.05) is 4.90 Å². The second kappa shape index (κ2) is 8.07. The first-order valence-electron chi connectivity index (χ1n) is 10.1. The Bertz CT molecular complexity index is 593. The molecule has 0 atom stereocenters. The molecule has 0 bridgehead atoms. The first kappa shape index (κ1) is 18.0. The van der Waals surface area contributed by atoms with E-state index in [2.05, 4.69) is 40.1 Å². The lowest BCUT2D eigenvalue weighted by Crippen LogP contribution is -2.49. The molecule has 0 N–H and O–H groups in total. The maximum atomic E-state index is 12.5. The molecular weight excluding hydrogens is 326 g/mol. The number of nitrogens with zero attached hydrogens (tertiary/aromatic N) is 3. The summed E-state index contributed by atoms with van der Waals surface area (Å²) in [7, 11) is 0. The van der Waals surface area contributed by atoms with E-state index in [4.69, 9.17) is 4.74 Å². The zero-order valence-electron chi connectivity index (χ0n) is 15.7. The fraction of sp³-hybridized carbons (Fsp3) is 0.667. The molecule has 142 valence electrons. The van der Waals surface area contributed by atoms with Gasteiger partial charge in [-0.15, -0.1) is 0 Å². The molecule has 3 aliphatic rings. The van der Waals surface area contributed by atoms with Gasteiger partial charge in [0.1, 0.15) is 0 Å². The van der Waals surface area contributed by atoms with Crippen LogP contribution in [0, 0.1) is 5.41 Å². The standard InChI is InChI=1S/C21H31N3O2/c25-20(24-12-14-26-15-13-24)17-22-9-6-21(7-10-22)8-11-23(18-21)16-19-4-2-1-3-5-19/h1-5H,6-18H2. The molecule has 4 rings (SSSR count). The van der Waals surface area contributed by atoms with Crippen molar-refractivity contribution in [1.29, 1.82) is 0 Å². The third kappa shape index (κ3) is 4.27. The number of benzene rings is 1. The van der Waals surface area contributed by atoms with E-state index < -0.39 is 0 Å². The summed E-state index contributed by atoms with van der Waals surface area (Å²) in [5.41, 5.74) is 1.89. The largest absolute Gasteiger partial charge is 0.378 e. The van der Waals surface area contributed by atoms with Gasteiger partial charge in [0, 0.05) is 26.2 Å². The molecule has 0 aromatic heterocycles. The summed E-state index contributed by atoms with van der Waals surface area (Å²) in [6.45, 7) is 9.10. The third-order valence-electron chi connectivity index (χ3n) is 6.41. The lowest BCUT2D eigenvalue weighted by atomic mass is 9.78. The van der Waals surface area contributed by atoms with Crippen LogP contribution in [0.2, 0.25) is 0 Å². The average molecular weight is 357 g/mol. The van der Waals surface area contributed by atoms with Gasteiger partial charge in [0.2, 0.25) is 5.91 Å². The summed E-state index contributed by atoms with van der Waals surface area (Å²) in [5.74, 6) is 0.279. The fourth-order valence-electron chi connectivity index (χ4n) is 4.70. The van der Waals surface area contributed by atoms with Crippen LogP contribution in [0.4, 0.5) is 0 Å². The minimum absolute atomic E-state index is 0.279. The fourth-order valence-corrected chi connectivity index (χ4v) is 4.70. The van der Waals surface area contributed by atoms with Crippen LogP contribution in [0.1, 0.15) is 24.8 Å². The molecule has 0 aliphatic carbocycles. The van der Waals surface area contributed by atoms with Crippen LogP contribution in [0.3, 0.4) is 0 Å². The minimum atomic E-state index is 0.279. The smallest absolute Gasteiger partial charge is 0.236 e. The van der Waals surface area contributed by atoms with Crippen LogP contribution in [0.5, 0.6) is 0 Å². The minimum Gasteiger partial charge on any atom is -0.378 e. The predicted molar refractivity (Wildman–Crippen MR) is 102 cm³/mol. The first-order chi connectivity index (χ1) is 12.7. The van der Waals surface area contributed by atoms with Crippen molar-refractivity contribution in [2.75, 3.05) is 59.0 Å². The molecule has 0 saturated carbocycles. The van der Waals surface area contributed by atoms with Crippen LogP contribution in [-0.4, -0.2) is 79.6 Å². The van der Waals surface area contributed by atoms with Crippen LogP contribution >= 0.6 is 0 Å². The number of rotatable bonds is 4. The van der Waals surface area contributed by atoms with Gasteiger partial charge in [0.25, 0.3) is 0 Å². The molecule has 1 aromatic rings. The summed E-state index contributed by atoms with van der Waals surface area (Å²) >= 11 is 0. The van der Waals surface area contributed by atoms with Crippen molar-refractivity contribution in [3.05, 3.63) is 35.9 Å². The number of hydrogen-bond donors (Lipinski definition) is 0. The highest BCUT2D eigenvalue weighted by Crippen LogP contribution is 2.40. The Balaban J connectivity index is 1.24. The quantitative estimate of drug-likeness (QED) is 0.824. The number of amides is 1. The summed E-state index contributed by atoms with van der Waals surface area (Å²) in [6, 6.07) is 10.8. The Kier molecular flexibility index (Phi) is 5.57. The Labute approximate surface area is 156 Å². The van der Waals surface area contributed by atoms with Crippen LogP contribution in [-0.2, 0) is 16.1 Å². The van der Waals surface area contributed by atoms with Crippen LogP contribution < -0.4 is 0 Å². The second-order valence-corrected chi connectivity index (χ2v) is 8.22. The average Bonchev–Trinajstić information content (AvgIpc) is 3.07. The molecule has 1 aromatic carbocycles. The number of hydrogen-bond acceptors (Lipinski definition) is 4. The molecule has 3 saturated heterocycles. The van der Waals surface area contributed by atoms with Crippen molar-refractivity contribution in [2.24, 2.45) is 5.41 Å². The summed E-state index contributed by atoms with van der Waals surface area (Å²) in [6.07, 6.45) is 3.77. The van der Waals surface area contributed by atoms with E-state index in [1.165, 1.54) is 37.9 Å². The Morgan fingerprint density at radius 1 is 0.923 bits per heavy atom. The predicted octanol–water partition coefficient (Wildman–Crippen LogP) is 1.83. The maximum absolute atomic E-state index is 12.5. The van der Waals surface area contributed by atoms with Gasteiger partial charge < -0.3 is 9.64 Å². The van der Waals surface area contributed by atoms with E-state index in [-0.39, 0.29) is 5.91 Å². The van der Waals surface area contributed by atoms with Gasteiger partial charge in [-0.05, 0) is 49.9 Å². The third-order valence-corrected chi connectivity index (χ3v) is 6.41. The number of carbonyl (C=O) groups excluding carboxylic acids is 1.